The quantitative estimate of drug-likeness (QED) is 0.467. The number of nitrogens with zero attached hydrogens (tertiary/aromatic N) is 2. The largest absolute Gasteiger partial charge is 0.392 e. The number of thiophene rings is 1. The minimum atomic E-state index is -0.385. The lowest BCUT2D eigenvalue weighted by atomic mass is 10.1. The van der Waals surface area contributed by atoms with Crippen molar-refractivity contribution in [2.75, 3.05) is 26.2 Å². The Morgan fingerprint density at radius 2 is 2.11 bits per heavy atom. The van der Waals surface area contributed by atoms with Crippen LogP contribution < -0.4 is 10.6 Å². The highest BCUT2D eigenvalue weighted by Gasteiger charge is 2.24. The predicted molar refractivity (Wildman–Crippen MR) is 113 cm³/mol. The Labute approximate surface area is 170 Å². The van der Waals surface area contributed by atoms with Crippen LogP contribution in [0, 0.1) is 5.82 Å². The van der Waals surface area contributed by atoms with Crippen LogP contribution in [0.1, 0.15) is 41.8 Å². The fourth-order valence-corrected chi connectivity index (χ4v) is 4.36. The van der Waals surface area contributed by atoms with E-state index in [1.165, 1.54) is 23.8 Å². The lowest BCUT2D eigenvalue weighted by Gasteiger charge is -2.27. The minimum absolute atomic E-state index is 0.303. The maximum atomic E-state index is 13.6. The maximum absolute atomic E-state index is 13.6. The molecular weight excluding hydrogens is 375 g/mol. The number of nitrogens with one attached hydrogen (secondary N) is 2. The molecule has 0 spiro atoms. The van der Waals surface area contributed by atoms with Gasteiger partial charge in [0.25, 0.3) is 0 Å². The summed E-state index contributed by atoms with van der Waals surface area (Å²) >= 11 is 1.80. The normalized spacial score (nSPS) is 16.3. The second-order valence-corrected chi connectivity index (χ2v) is 7.91. The molecule has 0 saturated carbocycles. The molecule has 1 aromatic carbocycles. The number of hydrogen-bond acceptors (Lipinski definition) is 4. The Balaban J connectivity index is 1.66. The highest BCUT2D eigenvalue weighted by molar-refractivity contribution is 7.10. The fraction of sp³-hybridized carbons (Fsp3) is 0.476. The van der Waals surface area contributed by atoms with E-state index in [1.807, 2.05) is 6.92 Å². The van der Waals surface area contributed by atoms with Gasteiger partial charge in [0.15, 0.2) is 5.96 Å². The summed E-state index contributed by atoms with van der Waals surface area (Å²) in [6, 6.07) is 9.42. The molecule has 7 heteroatoms. The van der Waals surface area contributed by atoms with Crippen LogP contribution in [0.25, 0.3) is 0 Å². The molecule has 5 nitrogen and oxygen atoms in total. The highest BCUT2D eigenvalue weighted by Crippen LogP contribution is 2.27. The lowest BCUT2D eigenvalue weighted by molar-refractivity contribution is 0.249. The van der Waals surface area contributed by atoms with Gasteiger partial charge in [0, 0.05) is 23.5 Å². The molecule has 3 rings (SSSR count). The van der Waals surface area contributed by atoms with Gasteiger partial charge in [-0.2, -0.15) is 0 Å². The average Bonchev–Trinajstić information content (AvgIpc) is 3.42. The van der Waals surface area contributed by atoms with Gasteiger partial charge in [-0.15, -0.1) is 11.3 Å². The van der Waals surface area contributed by atoms with Crippen molar-refractivity contribution < 1.29 is 9.50 Å². The van der Waals surface area contributed by atoms with E-state index >= 15 is 0 Å². The van der Waals surface area contributed by atoms with Crippen molar-refractivity contribution in [1.29, 1.82) is 0 Å². The number of aliphatic hydroxyl groups excluding tert-OH is 1. The van der Waals surface area contributed by atoms with Crippen LogP contribution in [0.15, 0.2) is 40.7 Å². The highest BCUT2D eigenvalue weighted by atomic mass is 32.1. The smallest absolute Gasteiger partial charge is 0.191 e. The molecule has 2 aromatic rings. The van der Waals surface area contributed by atoms with Crippen molar-refractivity contribution in [2.24, 2.45) is 4.99 Å². The van der Waals surface area contributed by atoms with Gasteiger partial charge in [0.05, 0.1) is 19.2 Å². The zero-order valence-corrected chi connectivity index (χ0v) is 17.1. The number of rotatable bonds is 8. The van der Waals surface area contributed by atoms with Crippen molar-refractivity contribution in [2.45, 2.75) is 39.0 Å². The van der Waals surface area contributed by atoms with E-state index in [9.17, 15) is 9.50 Å². The van der Waals surface area contributed by atoms with Crippen molar-refractivity contribution in [3.8, 4) is 0 Å². The SMILES string of the molecule is CCNC(=NCc1ccc(F)c(CO)c1)NCC(c1cccs1)N1CCCC1. The second kappa shape index (κ2) is 10.5. The zero-order valence-electron chi connectivity index (χ0n) is 16.3. The number of guanidine groups is 1. The van der Waals surface area contributed by atoms with Gasteiger partial charge >= 0.3 is 0 Å². The summed E-state index contributed by atoms with van der Waals surface area (Å²) in [5.41, 5.74) is 1.18. The van der Waals surface area contributed by atoms with Gasteiger partial charge in [-0.3, -0.25) is 4.90 Å². The molecule has 0 radical (unpaired) electrons. The number of hydrogen-bond donors (Lipinski definition) is 3. The number of benzene rings is 1. The van der Waals surface area contributed by atoms with E-state index < -0.39 is 0 Å². The number of halogens is 1. The molecule has 3 N–H and O–H groups in total. The van der Waals surface area contributed by atoms with Crippen molar-refractivity contribution in [3.05, 3.63) is 57.5 Å². The van der Waals surface area contributed by atoms with E-state index in [0.717, 1.165) is 37.7 Å². The summed E-state index contributed by atoms with van der Waals surface area (Å²) in [5, 5.41) is 18.1. The van der Waals surface area contributed by atoms with Crippen LogP contribution in [0.5, 0.6) is 0 Å². The molecule has 152 valence electrons. The fourth-order valence-electron chi connectivity index (χ4n) is 3.50. The molecular formula is C21H29FN4OS. The molecule has 28 heavy (non-hydrogen) atoms. The molecule has 2 heterocycles. The second-order valence-electron chi connectivity index (χ2n) is 6.93. The third-order valence-corrected chi connectivity index (χ3v) is 5.93. The molecule has 1 aliphatic rings. The van der Waals surface area contributed by atoms with Crippen molar-refractivity contribution in [3.63, 3.8) is 0 Å². The molecule has 1 unspecified atom stereocenters. The summed E-state index contributed by atoms with van der Waals surface area (Å²) in [7, 11) is 0. The van der Waals surface area contributed by atoms with Gasteiger partial charge < -0.3 is 15.7 Å². The Kier molecular flexibility index (Phi) is 7.82. The van der Waals surface area contributed by atoms with E-state index in [-0.39, 0.29) is 12.4 Å². The first kappa shape index (κ1) is 20.8. The minimum Gasteiger partial charge on any atom is -0.392 e. The van der Waals surface area contributed by atoms with Crippen LogP contribution >= 0.6 is 11.3 Å². The zero-order chi connectivity index (χ0) is 19.8. The van der Waals surface area contributed by atoms with E-state index in [4.69, 9.17) is 0 Å². The molecule has 1 aromatic heterocycles. The first-order valence-corrected chi connectivity index (χ1v) is 10.8. The predicted octanol–water partition coefficient (Wildman–Crippen LogP) is 3.27. The van der Waals surface area contributed by atoms with Crippen LogP contribution in [0.4, 0.5) is 4.39 Å². The molecule has 1 saturated heterocycles. The summed E-state index contributed by atoms with van der Waals surface area (Å²) < 4.78 is 13.6. The summed E-state index contributed by atoms with van der Waals surface area (Å²) in [4.78, 5) is 8.55. The van der Waals surface area contributed by atoms with Gasteiger partial charge in [0.2, 0.25) is 0 Å². The van der Waals surface area contributed by atoms with Gasteiger partial charge in [-0.1, -0.05) is 12.1 Å². The van der Waals surface area contributed by atoms with Crippen LogP contribution in [-0.2, 0) is 13.2 Å². The van der Waals surface area contributed by atoms with Crippen LogP contribution in [0.2, 0.25) is 0 Å². The standard InChI is InChI=1S/C21H29FN4OS/c1-2-23-21(24-13-16-7-8-18(22)17(12-16)15-27)25-14-19(20-6-5-11-28-20)26-9-3-4-10-26/h5-8,11-12,19,27H,2-4,9-10,13-15H2,1H3,(H2,23,24,25). The lowest BCUT2D eigenvalue weighted by Crippen LogP contribution is -2.42. The Hall–Kier alpha value is -1.96. The Bertz CT molecular complexity index is 760. The molecule has 0 bridgehead atoms. The first-order chi connectivity index (χ1) is 13.7. The van der Waals surface area contributed by atoms with Gasteiger partial charge in [0.1, 0.15) is 5.82 Å². The molecule has 1 fully saturated rings. The molecule has 0 aliphatic carbocycles. The summed E-state index contributed by atoms with van der Waals surface area (Å²) in [5.74, 6) is 0.364. The average molecular weight is 405 g/mol. The van der Waals surface area contributed by atoms with Crippen LogP contribution in [0.3, 0.4) is 0 Å². The van der Waals surface area contributed by atoms with Crippen molar-refractivity contribution in [1.82, 2.24) is 15.5 Å². The van der Waals surface area contributed by atoms with Gasteiger partial charge in [-0.25, -0.2) is 9.38 Å². The maximum Gasteiger partial charge on any atom is 0.191 e. The third-order valence-electron chi connectivity index (χ3n) is 4.96. The molecule has 1 aliphatic heterocycles. The molecule has 1 atom stereocenters. The Morgan fingerprint density at radius 3 is 2.79 bits per heavy atom. The van der Waals surface area contributed by atoms with E-state index in [1.54, 1.807) is 23.5 Å². The van der Waals surface area contributed by atoms with E-state index in [0.29, 0.717) is 18.2 Å². The van der Waals surface area contributed by atoms with E-state index in [2.05, 4.69) is 38.0 Å². The number of aliphatic hydroxyl groups is 1. The molecule has 0 amide bonds. The Morgan fingerprint density at radius 1 is 1.29 bits per heavy atom. The topological polar surface area (TPSA) is 59.9 Å². The van der Waals surface area contributed by atoms with Crippen LogP contribution in [-0.4, -0.2) is 42.1 Å². The third kappa shape index (κ3) is 5.53. The number of aliphatic imine (C=N–C) groups is 1. The van der Waals surface area contributed by atoms with Crippen molar-refractivity contribution >= 4 is 17.3 Å². The summed E-state index contributed by atoms with van der Waals surface area (Å²) in [6.45, 7) is 5.99. The van der Waals surface area contributed by atoms with Gasteiger partial charge in [-0.05, 0) is 62.0 Å². The summed E-state index contributed by atoms with van der Waals surface area (Å²) in [6.07, 6.45) is 2.52. The first-order valence-electron chi connectivity index (χ1n) is 9.89. The number of likely N-dealkylation sites (tertiary alicyclic amines) is 1. The monoisotopic (exact) mass is 404 g/mol.